The number of hydrogen-bond donors (Lipinski definition) is 1. The van der Waals surface area contributed by atoms with Crippen molar-refractivity contribution >= 4 is 63.3 Å². The summed E-state index contributed by atoms with van der Waals surface area (Å²) in [6.07, 6.45) is 8.04. The predicted octanol–water partition coefficient (Wildman–Crippen LogP) is 6.28. The third kappa shape index (κ3) is 7.16. The molecule has 0 radical (unpaired) electrons. The molecule has 7 nitrogen and oxygen atoms in total. The van der Waals surface area contributed by atoms with E-state index in [9.17, 15) is 14.4 Å². The number of nitrogens with one attached hydrogen (secondary N) is 1. The SMILES string of the molecule is C=C/C=C\C(=C/C)N1C(=O)/C(=C/c2ccc(I)o2)C(=O)N=C1SCC(=O)NC(c1ccccc1)c1ccccc1. The first kappa shape index (κ1) is 29.0. The monoisotopic (exact) mass is 663 g/mol. The molecule has 0 bridgehead atoms. The molecule has 0 unspecified atom stereocenters. The number of allylic oxidation sites excluding steroid dienone is 4. The molecule has 0 atom stereocenters. The number of amidine groups is 1. The fraction of sp³-hybridized carbons (Fsp3) is 0.0968. The van der Waals surface area contributed by atoms with E-state index in [0.717, 1.165) is 22.9 Å². The molecule has 4 rings (SSSR count). The molecule has 0 aliphatic carbocycles. The number of furan rings is 1. The van der Waals surface area contributed by atoms with Gasteiger partial charge in [-0.2, -0.15) is 4.99 Å². The molecule has 9 heteroatoms. The zero-order valence-corrected chi connectivity index (χ0v) is 24.6. The number of carbonyl (C=O) groups excluding carboxylic acids is 3. The van der Waals surface area contributed by atoms with Crippen LogP contribution in [0.1, 0.15) is 29.9 Å². The molecule has 1 aliphatic heterocycles. The van der Waals surface area contributed by atoms with Gasteiger partial charge in [0.05, 0.1) is 11.8 Å². The second-order valence-corrected chi connectivity index (χ2v) is 10.5. The molecule has 0 saturated heterocycles. The van der Waals surface area contributed by atoms with E-state index in [0.29, 0.717) is 15.2 Å². The summed E-state index contributed by atoms with van der Waals surface area (Å²) >= 11 is 3.02. The van der Waals surface area contributed by atoms with E-state index >= 15 is 0 Å². The van der Waals surface area contributed by atoms with Gasteiger partial charge in [0.1, 0.15) is 11.3 Å². The normalized spacial score (nSPS) is 15.2. The molecule has 2 aromatic carbocycles. The van der Waals surface area contributed by atoms with Crippen LogP contribution in [0, 0.1) is 3.77 Å². The van der Waals surface area contributed by atoms with Crippen LogP contribution in [-0.4, -0.2) is 33.5 Å². The smallest absolute Gasteiger partial charge is 0.285 e. The Balaban J connectivity index is 1.60. The number of rotatable bonds is 9. The fourth-order valence-electron chi connectivity index (χ4n) is 3.94. The molecular weight excluding hydrogens is 637 g/mol. The number of halogens is 1. The number of carbonyl (C=O) groups is 3. The Morgan fingerprint density at radius 3 is 2.27 bits per heavy atom. The zero-order chi connectivity index (χ0) is 28.5. The van der Waals surface area contributed by atoms with Crippen LogP contribution < -0.4 is 5.32 Å². The van der Waals surface area contributed by atoms with Gasteiger partial charge >= 0.3 is 0 Å². The Morgan fingerprint density at radius 2 is 1.73 bits per heavy atom. The Hall–Kier alpha value is -3.96. The van der Waals surface area contributed by atoms with E-state index < -0.39 is 11.8 Å². The van der Waals surface area contributed by atoms with Crippen molar-refractivity contribution in [3.63, 3.8) is 0 Å². The van der Waals surface area contributed by atoms with Crippen LogP contribution in [0.15, 0.2) is 124 Å². The van der Waals surface area contributed by atoms with Crippen LogP contribution in [0.2, 0.25) is 0 Å². The first-order valence-corrected chi connectivity index (χ1v) is 14.4. The Kier molecular flexibility index (Phi) is 10.1. The predicted molar refractivity (Wildman–Crippen MR) is 167 cm³/mol. The van der Waals surface area contributed by atoms with Crippen LogP contribution in [0.4, 0.5) is 0 Å². The highest BCUT2D eigenvalue weighted by molar-refractivity contribution is 14.1. The third-order valence-corrected chi connectivity index (χ3v) is 7.31. The van der Waals surface area contributed by atoms with Gasteiger partial charge in [0.15, 0.2) is 8.93 Å². The lowest BCUT2D eigenvalue weighted by molar-refractivity contribution is -0.126. The van der Waals surface area contributed by atoms with E-state index in [1.165, 1.54) is 11.0 Å². The maximum absolute atomic E-state index is 13.6. The van der Waals surface area contributed by atoms with Crippen molar-refractivity contribution in [1.29, 1.82) is 0 Å². The zero-order valence-electron chi connectivity index (χ0n) is 21.6. The first-order valence-electron chi connectivity index (χ1n) is 12.3. The molecule has 1 N–H and O–H groups in total. The highest BCUT2D eigenvalue weighted by atomic mass is 127. The highest BCUT2D eigenvalue weighted by Crippen LogP contribution is 2.27. The fourth-order valence-corrected chi connectivity index (χ4v) is 5.18. The molecule has 202 valence electrons. The van der Waals surface area contributed by atoms with E-state index in [4.69, 9.17) is 4.42 Å². The van der Waals surface area contributed by atoms with Crippen LogP contribution in [0.3, 0.4) is 0 Å². The maximum Gasteiger partial charge on any atom is 0.285 e. The van der Waals surface area contributed by atoms with Gasteiger partial charge in [0.25, 0.3) is 11.8 Å². The number of nitrogens with zero attached hydrogens (tertiary/aromatic N) is 2. The van der Waals surface area contributed by atoms with E-state index in [2.05, 4.69) is 16.9 Å². The van der Waals surface area contributed by atoms with Crippen molar-refractivity contribution in [2.24, 2.45) is 4.99 Å². The summed E-state index contributed by atoms with van der Waals surface area (Å²) in [5.74, 6) is -1.25. The second kappa shape index (κ2) is 13.9. The summed E-state index contributed by atoms with van der Waals surface area (Å²) in [4.78, 5) is 45.3. The van der Waals surface area contributed by atoms with Crippen LogP contribution in [0.25, 0.3) is 6.08 Å². The number of benzene rings is 2. The van der Waals surface area contributed by atoms with Gasteiger partial charge in [0, 0.05) is 5.70 Å². The Bertz CT molecular complexity index is 1480. The van der Waals surface area contributed by atoms with E-state index in [1.807, 2.05) is 83.3 Å². The average Bonchev–Trinajstić information content (AvgIpc) is 3.39. The minimum atomic E-state index is -0.704. The Morgan fingerprint density at radius 1 is 1.07 bits per heavy atom. The van der Waals surface area contributed by atoms with Gasteiger partial charge in [-0.15, -0.1) is 0 Å². The first-order chi connectivity index (χ1) is 19.4. The summed E-state index contributed by atoms with van der Waals surface area (Å²) in [5, 5.41) is 3.18. The number of thioether (sulfide) groups is 1. The minimum Gasteiger partial charge on any atom is -0.451 e. The lowest BCUT2D eigenvalue weighted by Gasteiger charge is -2.28. The second-order valence-electron chi connectivity index (χ2n) is 8.46. The van der Waals surface area contributed by atoms with Crippen molar-refractivity contribution in [3.8, 4) is 0 Å². The molecule has 1 aromatic heterocycles. The standard InChI is InChI=1S/C31H26IN3O4S/c1-3-5-16-23(4-2)35-30(38)25(19-24-17-18-26(32)39-24)29(37)34-31(35)40-20-27(36)33-28(21-12-8-6-9-13-21)22-14-10-7-11-15-22/h3-19,28H,1,20H2,2H3,(H,33,36)/b16-5-,23-4+,25-19+. The van der Waals surface area contributed by atoms with Crippen LogP contribution in [0.5, 0.6) is 0 Å². The summed E-state index contributed by atoms with van der Waals surface area (Å²) in [6, 6.07) is 22.4. The lowest BCUT2D eigenvalue weighted by atomic mass is 9.99. The molecule has 1 aliphatic rings. The van der Waals surface area contributed by atoms with Crippen molar-refractivity contribution in [1.82, 2.24) is 10.2 Å². The molecule has 0 saturated carbocycles. The molecule has 3 aromatic rings. The largest absolute Gasteiger partial charge is 0.451 e. The topological polar surface area (TPSA) is 92.0 Å². The summed E-state index contributed by atoms with van der Waals surface area (Å²) in [7, 11) is 0. The molecule has 3 amide bonds. The number of amides is 3. The summed E-state index contributed by atoms with van der Waals surface area (Å²) in [5.41, 5.74) is 2.21. The van der Waals surface area contributed by atoms with Crippen molar-refractivity contribution < 1.29 is 18.8 Å². The summed E-state index contributed by atoms with van der Waals surface area (Å²) < 4.78 is 6.14. The quantitative estimate of drug-likeness (QED) is 0.126. The lowest BCUT2D eigenvalue weighted by Crippen LogP contribution is -2.42. The van der Waals surface area contributed by atoms with Gasteiger partial charge < -0.3 is 9.73 Å². The van der Waals surface area contributed by atoms with Gasteiger partial charge in [-0.05, 0) is 64.9 Å². The van der Waals surface area contributed by atoms with E-state index in [-0.39, 0.29) is 28.4 Å². The van der Waals surface area contributed by atoms with Crippen molar-refractivity contribution in [2.75, 3.05) is 5.75 Å². The van der Waals surface area contributed by atoms with Crippen molar-refractivity contribution in [3.05, 3.63) is 136 Å². The number of aliphatic imine (C=N–C) groups is 1. The molecule has 2 heterocycles. The minimum absolute atomic E-state index is 0.0658. The average molecular weight is 664 g/mol. The molecule has 0 fully saturated rings. The highest BCUT2D eigenvalue weighted by Gasteiger charge is 2.35. The van der Waals surface area contributed by atoms with Gasteiger partial charge in [-0.3, -0.25) is 19.3 Å². The maximum atomic E-state index is 13.6. The number of hydrogen-bond acceptors (Lipinski definition) is 5. The van der Waals surface area contributed by atoms with Gasteiger partial charge in [0.2, 0.25) is 5.91 Å². The molecule has 40 heavy (non-hydrogen) atoms. The van der Waals surface area contributed by atoms with E-state index in [1.54, 1.807) is 43.4 Å². The third-order valence-electron chi connectivity index (χ3n) is 5.79. The molecular formula is C31H26IN3O4S. The summed E-state index contributed by atoms with van der Waals surface area (Å²) in [6.45, 7) is 5.46. The van der Waals surface area contributed by atoms with Gasteiger partial charge in [-0.1, -0.05) is 97.2 Å². The van der Waals surface area contributed by atoms with Crippen molar-refractivity contribution in [2.45, 2.75) is 13.0 Å². The van der Waals surface area contributed by atoms with Gasteiger partial charge in [-0.25, -0.2) is 0 Å². The van der Waals surface area contributed by atoms with Crippen LogP contribution >= 0.6 is 34.4 Å². The van der Waals surface area contributed by atoms with Crippen LogP contribution in [-0.2, 0) is 14.4 Å². The molecule has 0 spiro atoms. The Labute approximate surface area is 250 Å².